The van der Waals surface area contributed by atoms with E-state index < -0.39 is 45.4 Å². The van der Waals surface area contributed by atoms with Gasteiger partial charge in [-0.2, -0.15) is 0 Å². The molecule has 13 heteroatoms. The van der Waals surface area contributed by atoms with Crippen molar-refractivity contribution in [3.63, 3.8) is 0 Å². The van der Waals surface area contributed by atoms with Gasteiger partial charge in [0.2, 0.25) is 11.8 Å². The third-order valence-electron chi connectivity index (χ3n) is 10.3. The summed E-state index contributed by atoms with van der Waals surface area (Å²) in [7, 11) is -2.78. The van der Waals surface area contributed by atoms with Gasteiger partial charge in [-0.3, -0.25) is 14.4 Å². The zero-order valence-electron chi connectivity index (χ0n) is 30.3. The van der Waals surface area contributed by atoms with Crippen LogP contribution in [-0.2, 0) is 24.4 Å². The van der Waals surface area contributed by atoms with E-state index in [1.54, 1.807) is 25.3 Å². The molecule has 0 spiro atoms. The van der Waals surface area contributed by atoms with Crippen LogP contribution in [0.4, 0.5) is 0 Å². The summed E-state index contributed by atoms with van der Waals surface area (Å²) in [6.07, 6.45) is 8.06. The summed E-state index contributed by atoms with van der Waals surface area (Å²) in [5.41, 5.74) is 0.700. The van der Waals surface area contributed by atoms with E-state index in [9.17, 15) is 22.8 Å². The van der Waals surface area contributed by atoms with Crippen LogP contribution in [0.3, 0.4) is 0 Å². The van der Waals surface area contributed by atoms with Crippen molar-refractivity contribution in [1.29, 1.82) is 0 Å². The number of ether oxygens (including phenoxy) is 3. The van der Waals surface area contributed by atoms with E-state index in [4.69, 9.17) is 19.2 Å². The highest BCUT2D eigenvalue weighted by Crippen LogP contribution is 2.46. The van der Waals surface area contributed by atoms with E-state index in [0.717, 1.165) is 43.1 Å². The number of amides is 3. The fraction of sp³-hybridized carbons (Fsp3) is 0.366. The second kappa shape index (κ2) is 15.5. The molecule has 3 aliphatic rings. The van der Waals surface area contributed by atoms with Crippen LogP contribution in [0.25, 0.3) is 22.2 Å². The molecule has 0 unspecified atom stereocenters. The van der Waals surface area contributed by atoms with E-state index in [2.05, 4.69) is 10.0 Å². The van der Waals surface area contributed by atoms with E-state index in [1.807, 2.05) is 66.7 Å². The zero-order chi connectivity index (χ0) is 37.9. The van der Waals surface area contributed by atoms with Gasteiger partial charge >= 0.3 is 0 Å². The third-order valence-corrected chi connectivity index (χ3v) is 11.7. The minimum Gasteiger partial charge on any atom is -0.497 e. The zero-order valence-corrected chi connectivity index (χ0v) is 31.1. The van der Waals surface area contributed by atoms with Crippen molar-refractivity contribution in [2.45, 2.75) is 74.4 Å². The van der Waals surface area contributed by atoms with E-state index in [0.29, 0.717) is 29.3 Å². The molecule has 7 rings (SSSR count). The monoisotopic (exact) mass is 752 g/mol. The highest BCUT2D eigenvalue weighted by atomic mass is 32.2. The molecular weight excluding hydrogens is 709 g/mol. The minimum absolute atomic E-state index is 0.127. The van der Waals surface area contributed by atoms with Crippen LogP contribution in [0.15, 0.2) is 95.9 Å². The molecule has 282 valence electrons. The number of methoxy groups -OCH3 is 1. The van der Waals surface area contributed by atoms with Crippen molar-refractivity contribution in [1.82, 2.24) is 19.9 Å². The number of benzene rings is 3. The molecule has 2 N–H and O–H groups in total. The first-order chi connectivity index (χ1) is 26.1. The Morgan fingerprint density at radius 2 is 1.78 bits per heavy atom. The number of hydrogen-bond donors (Lipinski definition) is 2. The molecule has 3 heterocycles. The molecule has 1 saturated heterocycles. The number of fused-ring (bicyclic) bond motifs is 3. The van der Waals surface area contributed by atoms with Gasteiger partial charge in [-0.15, -0.1) is 0 Å². The van der Waals surface area contributed by atoms with Crippen molar-refractivity contribution in [3.8, 4) is 28.5 Å². The molecule has 0 bridgehead atoms. The lowest BCUT2D eigenvalue weighted by molar-refractivity contribution is -0.138. The van der Waals surface area contributed by atoms with Crippen molar-refractivity contribution in [2.75, 3.05) is 20.3 Å². The fourth-order valence-corrected chi connectivity index (χ4v) is 8.51. The number of rotatable bonds is 6. The molecule has 1 aliphatic carbocycles. The summed E-state index contributed by atoms with van der Waals surface area (Å²) in [5.74, 6) is -0.854. The standard InChI is InChI=1S/C41H44N4O8S/c1-27(46)45-26-31(53-37-24-33(28-14-8-7-9-15-28)42-34-22-30(51-2)19-20-32(34)37)23-35(45)39(47)43-41-25-29(41)16-10-5-3-4-6-13-21-52-36-17-11-12-18-38(36)54(49,50)44-40(41)48/h7-12,14-20,22,24,29,31,35H,3-6,13,21,23,25-26H2,1-2H3,(H,43,47)(H,44,48)/b16-10-/t29-,31-,35+,41-/m1/s1. The molecule has 3 amide bonds. The molecule has 4 atom stereocenters. The Hall–Kier alpha value is -5.43. The van der Waals surface area contributed by atoms with Crippen molar-refractivity contribution >= 4 is 38.6 Å². The predicted molar refractivity (Wildman–Crippen MR) is 202 cm³/mol. The number of sulfonamides is 1. The molecule has 1 aromatic heterocycles. The molecule has 54 heavy (non-hydrogen) atoms. The van der Waals surface area contributed by atoms with Gasteiger partial charge in [0.15, 0.2) is 0 Å². The van der Waals surface area contributed by atoms with Crippen molar-refractivity contribution in [2.24, 2.45) is 5.92 Å². The molecule has 2 fully saturated rings. The van der Waals surface area contributed by atoms with E-state index in [1.165, 1.54) is 17.9 Å². The largest absolute Gasteiger partial charge is 0.497 e. The first-order valence-electron chi connectivity index (χ1n) is 18.3. The molecule has 4 aromatic rings. The average molecular weight is 753 g/mol. The number of allylic oxidation sites excluding steroid dienone is 1. The Labute approximate surface area is 314 Å². The predicted octanol–water partition coefficient (Wildman–Crippen LogP) is 5.56. The van der Waals surface area contributed by atoms with Crippen LogP contribution in [0.5, 0.6) is 17.2 Å². The van der Waals surface area contributed by atoms with E-state index >= 15 is 0 Å². The lowest BCUT2D eigenvalue weighted by atomic mass is 10.1. The highest BCUT2D eigenvalue weighted by Gasteiger charge is 2.61. The van der Waals surface area contributed by atoms with Gasteiger partial charge in [0.25, 0.3) is 15.9 Å². The molecule has 1 saturated carbocycles. The van der Waals surface area contributed by atoms with Gasteiger partial charge in [-0.1, -0.05) is 67.5 Å². The normalized spacial score (nSPS) is 24.6. The van der Waals surface area contributed by atoms with Crippen LogP contribution < -0.4 is 24.2 Å². The van der Waals surface area contributed by atoms with Crippen LogP contribution >= 0.6 is 0 Å². The van der Waals surface area contributed by atoms with Gasteiger partial charge in [-0.05, 0) is 49.9 Å². The Morgan fingerprint density at radius 3 is 2.57 bits per heavy atom. The number of likely N-dealkylation sites (tertiary alicyclic amines) is 1. The van der Waals surface area contributed by atoms with Gasteiger partial charge < -0.3 is 24.4 Å². The van der Waals surface area contributed by atoms with Crippen LogP contribution in [-0.4, -0.2) is 74.0 Å². The smallest absolute Gasteiger partial charge is 0.267 e. The highest BCUT2D eigenvalue weighted by molar-refractivity contribution is 7.90. The Bertz CT molecular complexity index is 2190. The summed E-state index contributed by atoms with van der Waals surface area (Å²) in [6.45, 7) is 1.86. The minimum atomic E-state index is -4.37. The Morgan fingerprint density at radius 1 is 1.00 bits per heavy atom. The second-order valence-electron chi connectivity index (χ2n) is 14.0. The Balaban J connectivity index is 1.14. The fourth-order valence-electron chi connectivity index (χ4n) is 7.32. The quantitative estimate of drug-likeness (QED) is 0.241. The summed E-state index contributed by atoms with van der Waals surface area (Å²) in [5, 5.41) is 3.63. The van der Waals surface area contributed by atoms with Crippen LogP contribution in [0, 0.1) is 5.92 Å². The number of para-hydroxylation sites is 1. The molecule has 12 nitrogen and oxygen atoms in total. The molecule has 0 radical (unpaired) electrons. The maximum absolute atomic E-state index is 14.2. The lowest BCUT2D eigenvalue weighted by Crippen LogP contribution is -2.56. The van der Waals surface area contributed by atoms with Gasteiger partial charge in [0, 0.05) is 42.3 Å². The van der Waals surface area contributed by atoms with Gasteiger partial charge in [0.05, 0.1) is 31.5 Å². The average Bonchev–Trinajstić information content (AvgIpc) is 3.69. The number of aromatic nitrogens is 1. The van der Waals surface area contributed by atoms with Crippen molar-refractivity contribution < 1.29 is 37.0 Å². The van der Waals surface area contributed by atoms with E-state index in [-0.39, 0.29) is 35.9 Å². The van der Waals surface area contributed by atoms with Gasteiger partial charge in [0.1, 0.15) is 39.8 Å². The summed E-state index contributed by atoms with van der Waals surface area (Å²) in [4.78, 5) is 47.3. The number of carbonyl (C=O) groups is 3. The second-order valence-corrected chi connectivity index (χ2v) is 15.7. The van der Waals surface area contributed by atoms with Gasteiger partial charge in [-0.25, -0.2) is 18.1 Å². The first-order valence-corrected chi connectivity index (χ1v) is 19.8. The maximum Gasteiger partial charge on any atom is 0.267 e. The first kappa shape index (κ1) is 36.9. The number of nitrogens with zero attached hydrogens (tertiary/aromatic N) is 2. The number of nitrogens with one attached hydrogen (secondary N) is 2. The van der Waals surface area contributed by atoms with Crippen molar-refractivity contribution in [3.05, 3.63) is 91.0 Å². The summed E-state index contributed by atoms with van der Waals surface area (Å²) >= 11 is 0. The SMILES string of the molecule is COc1ccc2c(O[C@@H]3C[C@@H](C(=O)N[C@]45C[C@H]4/C=C\CCCCCCOc4ccccc4S(=O)(=O)NC5=O)N(C(C)=O)C3)cc(-c3ccccc3)nc2c1. The number of hydrogen-bond acceptors (Lipinski definition) is 9. The summed E-state index contributed by atoms with van der Waals surface area (Å²) in [6, 6.07) is 22.3. The van der Waals surface area contributed by atoms with Crippen LogP contribution in [0.2, 0.25) is 0 Å². The topological polar surface area (TPSA) is 153 Å². The lowest BCUT2D eigenvalue weighted by Gasteiger charge is -2.25. The number of carbonyl (C=O) groups excluding carboxylic acids is 3. The number of pyridine rings is 1. The maximum atomic E-state index is 14.2. The summed E-state index contributed by atoms with van der Waals surface area (Å²) < 4.78 is 47.3. The third kappa shape index (κ3) is 7.77. The molecule has 3 aromatic carbocycles. The van der Waals surface area contributed by atoms with Crippen LogP contribution in [0.1, 0.15) is 51.9 Å². The molecule has 2 aliphatic heterocycles. The molecular formula is C41H44N4O8S. The Kier molecular flexibility index (Phi) is 10.6.